The fraction of sp³-hybridized carbons (Fsp3) is 1.00. The van der Waals surface area contributed by atoms with Crippen LogP contribution in [0.2, 0.25) is 0 Å². The predicted molar refractivity (Wildman–Crippen MR) is 55.4 cm³/mol. The highest BCUT2D eigenvalue weighted by atomic mass is 15.5. The Kier molecular flexibility index (Phi) is 5.31. The van der Waals surface area contributed by atoms with E-state index in [2.05, 4.69) is 22.4 Å². The summed E-state index contributed by atoms with van der Waals surface area (Å²) < 4.78 is 0. The summed E-state index contributed by atoms with van der Waals surface area (Å²) in [5.74, 6) is 0. The third-order valence-electron chi connectivity index (χ3n) is 2.47. The summed E-state index contributed by atoms with van der Waals surface area (Å²) in [6.45, 7) is 6.50. The summed E-state index contributed by atoms with van der Waals surface area (Å²) >= 11 is 0. The van der Waals surface area contributed by atoms with E-state index in [1.54, 1.807) is 0 Å². The van der Waals surface area contributed by atoms with Gasteiger partial charge >= 0.3 is 0 Å². The van der Waals surface area contributed by atoms with E-state index >= 15 is 0 Å². The maximum Gasteiger partial charge on any atom is 0.0259 e. The summed E-state index contributed by atoms with van der Waals surface area (Å²) in [6, 6.07) is 0. The molecule has 4 heteroatoms. The van der Waals surface area contributed by atoms with Crippen LogP contribution < -0.4 is 11.2 Å². The minimum absolute atomic E-state index is 0.810. The van der Waals surface area contributed by atoms with Crippen LogP contribution in [0.5, 0.6) is 0 Å². The van der Waals surface area contributed by atoms with E-state index in [9.17, 15) is 0 Å². The first-order valence-electron chi connectivity index (χ1n) is 5.20. The van der Waals surface area contributed by atoms with Gasteiger partial charge in [0, 0.05) is 32.7 Å². The summed E-state index contributed by atoms with van der Waals surface area (Å²) in [5.41, 5.74) is 8.85. The average molecular weight is 186 g/mol. The molecule has 0 bridgehead atoms. The largest absolute Gasteiger partial charge is 0.330 e. The molecule has 0 aromatic heterocycles. The molecule has 0 atom stereocenters. The molecule has 1 rings (SSSR count). The molecule has 0 aromatic rings. The molecule has 0 spiro atoms. The van der Waals surface area contributed by atoms with Crippen molar-refractivity contribution in [1.82, 2.24) is 15.3 Å². The third kappa shape index (κ3) is 4.57. The molecule has 1 heterocycles. The third-order valence-corrected chi connectivity index (χ3v) is 2.47. The van der Waals surface area contributed by atoms with Crippen LogP contribution in [0.4, 0.5) is 0 Å². The number of hydrogen-bond acceptors (Lipinski definition) is 4. The van der Waals surface area contributed by atoms with E-state index < -0.39 is 0 Å². The van der Waals surface area contributed by atoms with E-state index in [1.807, 2.05) is 0 Å². The smallest absolute Gasteiger partial charge is 0.0259 e. The minimum Gasteiger partial charge on any atom is -0.330 e. The minimum atomic E-state index is 0.810. The second-order valence-corrected chi connectivity index (χ2v) is 3.69. The second-order valence-electron chi connectivity index (χ2n) is 3.69. The molecule has 3 N–H and O–H groups in total. The number of nitrogens with one attached hydrogen (secondary N) is 1. The van der Waals surface area contributed by atoms with E-state index in [0.29, 0.717) is 0 Å². The number of piperazine rings is 1. The van der Waals surface area contributed by atoms with Gasteiger partial charge in [-0.1, -0.05) is 0 Å². The van der Waals surface area contributed by atoms with Gasteiger partial charge in [-0.2, -0.15) is 0 Å². The summed E-state index contributed by atoms with van der Waals surface area (Å²) in [5, 5.41) is 2.32. The Balaban J connectivity index is 1.96. The number of hydrazine groups is 1. The number of unbranched alkanes of at least 4 members (excludes halogenated alkanes) is 1. The normalized spacial score (nSPS) is 20.8. The lowest BCUT2D eigenvalue weighted by molar-refractivity contribution is 0.104. The van der Waals surface area contributed by atoms with Gasteiger partial charge in [0.05, 0.1) is 0 Å². The lowest BCUT2D eigenvalue weighted by Gasteiger charge is -2.32. The Labute approximate surface area is 81.0 Å². The fourth-order valence-electron chi connectivity index (χ4n) is 1.47. The number of likely N-dealkylation sites (N-methyl/N-ethyl adjacent to an activating group) is 1. The Morgan fingerprint density at radius 2 is 1.85 bits per heavy atom. The standard InChI is InChI=1S/C9H22N4/c1-12-6-8-13(9-7-12)11-5-3-2-4-10/h11H,2-10H2,1H3. The van der Waals surface area contributed by atoms with Gasteiger partial charge in [0.15, 0.2) is 0 Å². The van der Waals surface area contributed by atoms with Gasteiger partial charge in [0.1, 0.15) is 0 Å². The number of nitrogens with two attached hydrogens (primary N) is 1. The Morgan fingerprint density at radius 3 is 2.46 bits per heavy atom. The molecule has 1 fully saturated rings. The van der Waals surface area contributed by atoms with Crippen LogP contribution >= 0.6 is 0 Å². The van der Waals surface area contributed by atoms with Gasteiger partial charge in [-0.25, -0.2) is 5.01 Å². The highest BCUT2D eigenvalue weighted by molar-refractivity contribution is 4.65. The Hall–Kier alpha value is -0.160. The van der Waals surface area contributed by atoms with Crippen molar-refractivity contribution in [2.45, 2.75) is 12.8 Å². The van der Waals surface area contributed by atoms with Gasteiger partial charge in [0.2, 0.25) is 0 Å². The zero-order chi connectivity index (χ0) is 9.52. The molecule has 1 aliphatic heterocycles. The molecule has 4 nitrogen and oxygen atoms in total. The summed E-state index contributed by atoms with van der Waals surface area (Å²) in [6.07, 6.45) is 2.31. The van der Waals surface area contributed by atoms with Crippen molar-refractivity contribution in [3.8, 4) is 0 Å². The van der Waals surface area contributed by atoms with E-state index in [1.165, 1.54) is 19.5 Å². The summed E-state index contributed by atoms with van der Waals surface area (Å²) in [7, 11) is 2.17. The molecule has 1 aliphatic rings. The van der Waals surface area contributed by atoms with Gasteiger partial charge in [-0.15, -0.1) is 0 Å². The first kappa shape index (κ1) is 10.9. The van der Waals surface area contributed by atoms with Gasteiger partial charge in [-0.05, 0) is 26.4 Å². The van der Waals surface area contributed by atoms with Gasteiger partial charge in [-0.3, -0.25) is 5.43 Å². The van der Waals surface area contributed by atoms with E-state index in [-0.39, 0.29) is 0 Å². The lowest BCUT2D eigenvalue weighted by Crippen LogP contribution is -2.50. The van der Waals surface area contributed by atoms with Gasteiger partial charge < -0.3 is 10.6 Å². The molecule has 0 aliphatic carbocycles. The topological polar surface area (TPSA) is 44.5 Å². The van der Waals surface area contributed by atoms with Crippen molar-refractivity contribution in [2.24, 2.45) is 5.73 Å². The quantitative estimate of drug-likeness (QED) is 0.567. The van der Waals surface area contributed by atoms with E-state index in [4.69, 9.17) is 5.73 Å². The van der Waals surface area contributed by atoms with Crippen molar-refractivity contribution in [3.05, 3.63) is 0 Å². The molecule has 0 amide bonds. The van der Waals surface area contributed by atoms with Crippen LogP contribution in [0.3, 0.4) is 0 Å². The van der Waals surface area contributed by atoms with E-state index in [0.717, 1.165) is 32.6 Å². The number of rotatable bonds is 5. The molecule has 0 aromatic carbocycles. The number of hydrogen-bond donors (Lipinski definition) is 2. The highest BCUT2D eigenvalue weighted by Crippen LogP contribution is 1.95. The fourth-order valence-corrected chi connectivity index (χ4v) is 1.47. The molecule has 13 heavy (non-hydrogen) atoms. The Bertz CT molecular complexity index is 121. The van der Waals surface area contributed by atoms with Crippen LogP contribution in [0.1, 0.15) is 12.8 Å². The van der Waals surface area contributed by atoms with Crippen LogP contribution in [-0.2, 0) is 0 Å². The van der Waals surface area contributed by atoms with Crippen LogP contribution in [-0.4, -0.2) is 56.2 Å². The SMILES string of the molecule is CN1CCN(NCCCCN)CC1. The van der Waals surface area contributed by atoms with Crippen molar-refractivity contribution in [1.29, 1.82) is 0 Å². The zero-order valence-corrected chi connectivity index (χ0v) is 8.63. The molecule has 0 radical (unpaired) electrons. The average Bonchev–Trinajstić information content (AvgIpc) is 2.15. The monoisotopic (exact) mass is 186 g/mol. The van der Waals surface area contributed by atoms with Crippen LogP contribution in [0.15, 0.2) is 0 Å². The van der Waals surface area contributed by atoms with Crippen LogP contribution in [0, 0.1) is 0 Å². The molecule has 0 saturated carbocycles. The lowest BCUT2D eigenvalue weighted by atomic mass is 10.3. The maximum atomic E-state index is 5.42. The Morgan fingerprint density at radius 1 is 1.15 bits per heavy atom. The maximum absolute atomic E-state index is 5.42. The van der Waals surface area contributed by atoms with Crippen molar-refractivity contribution in [3.63, 3.8) is 0 Å². The van der Waals surface area contributed by atoms with Gasteiger partial charge in [0.25, 0.3) is 0 Å². The van der Waals surface area contributed by atoms with Crippen LogP contribution in [0.25, 0.3) is 0 Å². The highest BCUT2D eigenvalue weighted by Gasteiger charge is 2.11. The van der Waals surface area contributed by atoms with Crippen molar-refractivity contribution in [2.75, 3.05) is 46.3 Å². The molecular formula is C9H22N4. The molecule has 1 saturated heterocycles. The first-order chi connectivity index (χ1) is 6.33. The second kappa shape index (κ2) is 6.32. The summed E-state index contributed by atoms with van der Waals surface area (Å²) in [4.78, 5) is 2.36. The molecule has 78 valence electrons. The molecular weight excluding hydrogens is 164 g/mol. The zero-order valence-electron chi connectivity index (χ0n) is 8.63. The predicted octanol–water partition coefficient (Wildman–Crippen LogP) is -0.523. The first-order valence-corrected chi connectivity index (χ1v) is 5.20. The van der Waals surface area contributed by atoms with Crippen molar-refractivity contribution >= 4 is 0 Å². The molecule has 0 unspecified atom stereocenters. The number of nitrogens with zero attached hydrogens (tertiary/aromatic N) is 2. The van der Waals surface area contributed by atoms with Crippen molar-refractivity contribution < 1.29 is 0 Å².